The van der Waals surface area contributed by atoms with Crippen LogP contribution in [0.2, 0.25) is 0 Å². The van der Waals surface area contributed by atoms with Crippen LogP contribution in [0.4, 0.5) is 22.0 Å². The molecule has 0 aliphatic rings. The fourth-order valence-corrected chi connectivity index (χ4v) is 1.46. The maximum absolute atomic E-state index is 13.2. The maximum Gasteiger partial charge on any atom is 0.404 e. The normalized spacial score (nSPS) is 13.8. The predicted molar refractivity (Wildman–Crippen MR) is 53.6 cm³/mol. The molecule has 0 aromatic heterocycles. The highest BCUT2D eigenvalue weighted by Crippen LogP contribution is 2.24. The molecule has 0 bridgehead atoms. The minimum atomic E-state index is -4.46. The third-order valence-electron chi connectivity index (χ3n) is 2.28. The van der Waals surface area contributed by atoms with E-state index in [4.69, 9.17) is 0 Å². The SMILES string of the molecule is CCNC(Cc1ccc(F)cc1F)C(F)(F)F. The summed E-state index contributed by atoms with van der Waals surface area (Å²) in [5, 5.41) is 2.23. The summed E-state index contributed by atoms with van der Waals surface area (Å²) in [5.41, 5.74) is -0.158. The van der Waals surface area contributed by atoms with E-state index in [-0.39, 0.29) is 12.1 Å². The minimum absolute atomic E-state index is 0.118. The van der Waals surface area contributed by atoms with Crippen molar-refractivity contribution >= 4 is 0 Å². The summed E-state index contributed by atoms with van der Waals surface area (Å²) in [4.78, 5) is 0. The van der Waals surface area contributed by atoms with Crippen molar-refractivity contribution in [3.8, 4) is 0 Å². The van der Waals surface area contributed by atoms with E-state index in [1.54, 1.807) is 0 Å². The summed E-state index contributed by atoms with van der Waals surface area (Å²) >= 11 is 0. The summed E-state index contributed by atoms with van der Waals surface area (Å²) in [5.74, 6) is -1.77. The van der Waals surface area contributed by atoms with Crippen LogP contribution in [0, 0.1) is 11.6 Å². The van der Waals surface area contributed by atoms with E-state index in [1.807, 2.05) is 0 Å². The van der Waals surface area contributed by atoms with Gasteiger partial charge in [0.2, 0.25) is 0 Å². The first-order valence-corrected chi connectivity index (χ1v) is 5.08. The van der Waals surface area contributed by atoms with Crippen molar-refractivity contribution in [2.24, 2.45) is 0 Å². The number of hydrogen-bond donors (Lipinski definition) is 1. The Bertz CT molecular complexity index is 375. The summed E-state index contributed by atoms with van der Waals surface area (Å²) in [7, 11) is 0. The molecule has 17 heavy (non-hydrogen) atoms. The largest absolute Gasteiger partial charge is 0.404 e. The molecule has 1 nitrogen and oxygen atoms in total. The number of benzene rings is 1. The topological polar surface area (TPSA) is 12.0 Å². The fourth-order valence-electron chi connectivity index (χ4n) is 1.46. The molecule has 0 saturated heterocycles. The molecule has 0 saturated carbocycles. The second kappa shape index (κ2) is 5.44. The second-order valence-electron chi connectivity index (χ2n) is 3.59. The zero-order valence-corrected chi connectivity index (χ0v) is 9.11. The molecule has 0 radical (unpaired) electrons. The molecule has 1 N–H and O–H groups in total. The zero-order chi connectivity index (χ0) is 13.1. The molecule has 1 rings (SSSR count). The first kappa shape index (κ1) is 13.9. The Labute approximate surface area is 95.6 Å². The van der Waals surface area contributed by atoms with Crippen molar-refractivity contribution in [3.63, 3.8) is 0 Å². The van der Waals surface area contributed by atoms with E-state index in [2.05, 4.69) is 5.32 Å². The second-order valence-corrected chi connectivity index (χ2v) is 3.59. The zero-order valence-electron chi connectivity index (χ0n) is 9.11. The number of nitrogens with one attached hydrogen (secondary N) is 1. The quantitative estimate of drug-likeness (QED) is 0.813. The molecule has 1 aromatic carbocycles. The lowest BCUT2D eigenvalue weighted by atomic mass is 10.0. The molecule has 6 heteroatoms. The lowest BCUT2D eigenvalue weighted by Gasteiger charge is -2.21. The average molecular weight is 253 g/mol. The lowest BCUT2D eigenvalue weighted by molar-refractivity contribution is -0.155. The van der Waals surface area contributed by atoms with Gasteiger partial charge in [-0.2, -0.15) is 13.2 Å². The molecule has 0 fully saturated rings. The van der Waals surface area contributed by atoms with Crippen molar-refractivity contribution in [3.05, 3.63) is 35.4 Å². The van der Waals surface area contributed by atoms with Gasteiger partial charge < -0.3 is 5.32 Å². The first-order chi connectivity index (χ1) is 7.84. The molecule has 1 unspecified atom stereocenters. The van der Waals surface area contributed by atoms with E-state index in [0.717, 1.165) is 12.1 Å². The Morgan fingerprint density at radius 2 is 1.88 bits per heavy atom. The van der Waals surface area contributed by atoms with Gasteiger partial charge >= 0.3 is 6.18 Å². The third-order valence-corrected chi connectivity index (χ3v) is 2.28. The van der Waals surface area contributed by atoms with Gasteiger partial charge in [0.25, 0.3) is 0 Å². The maximum atomic E-state index is 13.2. The number of rotatable bonds is 4. The van der Waals surface area contributed by atoms with E-state index in [9.17, 15) is 22.0 Å². The van der Waals surface area contributed by atoms with E-state index in [0.29, 0.717) is 6.07 Å². The Balaban J connectivity index is 2.86. The van der Waals surface area contributed by atoms with Crippen LogP contribution >= 0.6 is 0 Å². The molecule has 1 aromatic rings. The highest BCUT2D eigenvalue weighted by molar-refractivity contribution is 5.20. The van der Waals surface area contributed by atoms with Crippen LogP contribution < -0.4 is 5.32 Å². The molecular weight excluding hydrogens is 241 g/mol. The Kier molecular flexibility index (Phi) is 4.45. The summed E-state index contributed by atoms with van der Waals surface area (Å²) in [6.07, 6.45) is -5.01. The van der Waals surface area contributed by atoms with Gasteiger partial charge in [-0.3, -0.25) is 0 Å². The molecule has 1 atom stereocenters. The standard InChI is InChI=1S/C11H12F5N/c1-2-17-10(11(14,15)16)5-7-3-4-8(12)6-9(7)13/h3-4,6,10,17H,2,5H2,1H3. The van der Waals surface area contributed by atoms with Crippen LogP contribution in [0.25, 0.3) is 0 Å². The van der Waals surface area contributed by atoms with Crippen molar-refractivity contribution < 1.29 is 22.0 Å². The highest BCUT2D eigenvalue weighted by atomic mass is 19.4. The van der Waals surface area contributed by atoms with Gasteiger partial charge in [0.05, 0.1) is 0 Å². The van der Waals surface area contributed by atoms with E-state index < -0.39 is 30.3 Å². The van der Waals surface area contributed by atoms with Gasteiger partial charge in [0.15, 0.2) is 0 Å². The van der Waals surface area contributed by atoms with Crippen molar-refractivity contribution in [1.82, 2.24) is 5.32 Å². The molecule has 0 spiro atoms. The predicted octanol–water partition coefficient (Wildman–Crippen LogP) is 3.05. The van der Waals surface area contributed by atoms with Crippen LogP contribution in [-0.4, -0.2) is 18.8 Å². The molecular formula is C11H12F5N. The van der Waals surface area contributed by atoms with Crippen LogP contribution in [0.3, 0.4) is 0 Å². The smallest absolute Gasteiger partial charge is 0.306 e. The highest BCUT2D eigenvalue weighted by Gasteiger charge is 2.39. The summed E-state index contributed by atoms with van der Waals surface area (Å²) < 4.78 is 63.4. The summed E-state index contributed by atoms with van der Waals surface area (Å²) in [6.45, 7) is 1.65. The van der Waals surface area contributed by atoms with Gasteiger partial charge in [-0.05, 0) is 24.6 Å². The van der Waals surface area contributed by atoms with E-state index >= 15 is 0 Å². The molecule has 96 valence electrons. The third kappa shape index (κ3) is 3.96. The molecule has 0 heterocycles. The first-order valence-electron chi connectivity index (χ1n) is 5.08. The van der Waals surface area contributed by atoms with Gasteiger partial charge in [-0.25, -0.2) is 8.78 Å². The van der Waals surface area contributed by atoms with Gasteiger partial charge in [-0.1, -0.05) is 13.0 Å². The van der Waals surface area contributed by atoms with E-state index in [1.165, 1.54) is 6.92 Å². The van der Waals surface area contributed by atoms with Crippen molar-refractivity contribution in [2.75, 3.05) is 6.54 Å². The number of likely N-dealkylation sites (N-methyl/N-ethyl adjacent to an activating group) is 1. The molecule has 0 amide bonds. The van der Waals surface area contributed by atoms with Crippen molar-refractivity contribution in [2.45, 2.75) is 25.6 Å². The van der Waals surface area contributed by atoms with Gasteiger partial charge in [-0.15, -0.1) is 0 Å². The molecule has 0 aliphatic heterocycles. The Morgan fingerprint density at radius 1 is 1.24 bits per heavy atom. The Hall–Kier alpha value is -1.17. The van der Waals surface area contributed by atoms with Crippen LogP contribution in [0.1, 0.15) is 12.5 Å². The minimum Gasteiger partial charge on any atom is -0.306 e. The van der Waals surface area contributed by atoms with Crippen molar-refractivity contribution in [1.29, 1.82) is 0 Å². The van der Waals surface area contributed by atoms with Gasteiger partial charge in [0.1, 0.15) is 17.7 Å². The van der Waals surface area contributed by atoms with Crippen LogP contribution in [0.15, 0.2) is 18.2 Å². The number of hydrogen-bond acceptors (Lipinski definition) is 1. The monoisotopic (exact) mass is 253 g/mol. The van der Waals surface area contributed by atoms with Crippen LogP contribution in [0.5, 0.6) is 0 Å². The number of alkyl halides is 3. The lowest BCUT2D eigenvalue weighted by Crippen LogP contribution is -2.43. The summed E-state index contributed by atoms with van der Waals surface area (Å²) in [6, 6.07) is 0.722. The number of halogens is 5. The fraction of sp³-hybridized carbons (Fsp3) is 0.455. The van der Waals surface area contributed by atoms with Gasteiger partial charge in [0, 0.05) is 6.07 Å². The Morgan fingerprint density at radius 3 is 2.35 bits per heavy atom. The van der Waals surface area contributed by atoms with Crippen LogP contribution in [-0.2, 0) is 6.42 Å². The molecule has 0 aliphatic carbocycles. The average Bonchev–Trinajstić information content (AvgIpc) is 2.19.